The summed E-state index contributed by atoms with van der Waals surface area (Å²) < 4.78 is 47.8. The number of phosphoric ester groups is 2. The molecular formula is C47H84O14P2. The molecule has 0 saturated carbocycles. The van der Waals surface area contributed by atoms with Crippen LogP contribution in [0, 0.1) is 5.92 Å². The lowest BCUT2D eigenvalue weighted by molar-refractivity contribution is -0.161. The fourth-order valence-corrected chi connectivity index (χ4v) is 7.17. The molecule has 0 amide bonds. The lowest BCUT2D eigenvalue weighted by Crippen LogP contribution is -2.30. The molecule has 2 unspecified atom stereocenters. The van der Waals surface area contributed by atoms with Crippen molar-refractivity contribution in [3.8, 4) is 0 Å². The number of carbonyl (C=O) groups excluding carboxylic acids is 2. The first-order chi connectivity index (χ1) is 30.2. The molecule has 0 fully saturated rings. The van der Waals surface area contributed by atoms with Gasteiger partial charge in [0.25, 0.3) is 0 Å². The molecule has 0 aliphatic heterocycles. The Labute approximate surface area is 379 Å². The number of aliphatic hydroxyl groups is 2. The van der Waals surface area contributed by atoms with E-state index in [1.165, 1.54) is 77.0 Å². The van der Waals surface area contributed by atoms with E-state index in [-0.39, 0.29) is 12.8 Å². The summed E-state index contributed by atoms with van der Waals surface area (Å²) in [7, 11) is -9.71. The molecule has 0 rings (SSSR count). The van der Waals surface area contributed by atoms with E-state index in [9.17, 15) is 33.8 Å². The van der Waals surface area contributed by atoms with Gasteiger partial charge >= 0.3 is 27.6 Å². The van der Waals surface area contributed by atoms with Gasteiger partial charge in [-0.3, -0.25) is 23.2 Å². The maximum absolute atomic E-state index is 12.7. The van der Waals surface area contributed by atoms with Crippen LogP contribution in [0.25, 0.3) is 0 Å². The van der Waals surface area contributed by atoms with Crippen molar-refractivity contribution in [3.05, 3.63) is 60.8 Å². The number of phosphoric acid groups is 2. The number of ether oxygens (including phenoxy) is 2. The summed E-state index contributed by atoms with van der Waals surface area (Å²) in [4.78, 5) is 52.8. The van der Waals surface area contributed by atoms with Gasteiger partial charge in [-0.05, 0) is 50.9 Å². The quantitative estimate of drug-likeness (QED) is 0.0126. The van der Waals surface area contributed by atoms with Crippen molar-refractivity contribution in [1.29, 1.82) is 0 Å². The summed E-state index contributed by atoms with van der Waals surface area (Å²) >= 11 is 0. The van der Waals surface area contributed by atoms with Gasteiger partial charge in [-0.25, -0.2) is 9.13 Å². The second kappa shape index (κ2) is 41.2. The van der Waals surface area contributed by atoms with E-state index < -0.39 is 72.3 Å². The standard InChI is InChI=1S/C47H84O14P2/c1-4-42(3)34-30-26-22-18-14-10-6-8-13-17-21-25-29-33-37-47(51)61-45(41-60-63(55,56)59-39-44(49)38-58-62(52,53)54)40-57-46(50)36-32-28-24-20-16-12-9-7-11-15-19-23-27-31-35-43(48)5-2/h9,11-12,15,20,23-24,27,31,35,42-45,48-49H,4-8,10,13-14,16-19,21-22,25-26,28-30,32-34,36-41H2,1-3H3,(H,55,56)(H2,52,53,54)/b12-9-,15-11-,24-20-,27-23-,35-31+/t42?,43-,44-,45+/m0/s1. The van der Waals surface area contributed by atoms with Gasteiger partial charge in [0.15, 0.2) is 6.10 Å². The van der Waals surface area contributed by atoms with Crippen LogP contribution >= 0.6 is 15.6 Å². The Balaban J connectivity index is 4.57. The lowest BCUT2D eigenvalue weighted by atomic mass is 9.99. The first-order valence-electron chi connectivity index (χ1n) is 23.5. The maximum atomic E-state index is 12.7. The monoisotopic (exact) mass is 935 g/mol. The van der Waals surface area contributed by atoms with E-state index in [1.807, 2.05) is 37.3 Å². The third-order valence-electron chi connectivity index (χ3n) is 10.1. The molecule has 0 heterocycles. The van der Waals surface area contributed by atoms with E-state index in [4.69, 9.17) is 23.8 Å². The van der Waals surface area contributed by atoms with Crippen LogP contribution in [0.15, 0.2) is 60.8 Å². The van der Waals surface area contributed by atoms with Gasteiger partial charge < -0.3 is 34.4 Å². The molecule has 14 nitrogen and oxygen atoms in total. The summed E-state index contributed by atoms with van der Waals surface area (Å²) in [6.45, 7) is 3.73. The van der Waals surface area contributed by atoms with E-state index in [1.54, 1.807) is 6.08 Å². The molecule has 0 aromatic carbocycles. The minimum Gasteiger partial charge on any atom is -0.462 e. The van der Waals surface area contributed by atoms with Gasteiger partial charge in [0, 0.05) is 12.8 Å². The van der Waals surface area contributed by atoms with Crippen molar-refractivity contribution in [2.24, 2.45) is 5.92 Å². The highest BCUT2D eigenvalue weighted by molar-refractivity contribution is 7.47. The second-order valence-corrected chi connectivity index (χ2v) is 18.8. The SMILES string of the molecule is CCC(C)CCCCCCCCCCCCCCCCC(=O)O[C@H](COC(=O)CCC/C=C\C/C=C\C/C=C\C/C=C\C=C\[C@@H](O)CC)COP(=O)(O)OC[C@@H](O)COP(=O)(O)O. The van der Waals surface area contributed by atoms with Crippen molar-refractivity contribution in [2.75, 3.05) is 26.4 Å². The number of allylic oxidation sites excluding steroid dienone is 9. The zero-order valence-electron chi connectivity index (χ0n) is 38.7. The Morgan fingerprint density at radius 2 is 1.05 bits per heavy atom. The van der Waals surface area contributed by atoms with Gasteiger partial charge in [-0.1, -0.05) is 178 Å². The van der Waals surface area contributed by atoms with E-state index in [2.05, 4.69) is 47.2 Å². The fraction of sp³-hybridized carbons (Fsp3) is 0.745. The van der Waals surface area contributed by atoms with Crippen LogP contribution in [0.3, 0.4) is 0 Å². The van der Waals surface area contributed by atoms with E-state index in [0.29, 0.717) is 25.7 Å². The topological polar surface area (TPSA) is 216 Å². The molecule has 0 aromatic heterocycles. The van der Waals surface area contributed by atoms with Gasteiger partial charge in [0.2, 0.25) is 0 Å². The van der Waals surface area contributed by atoms with Crippen LogP contribution < -0.4 is 0 Å². The largest absolute Gasteiger partial charge is 0.472 e. The first kappa shape index (κ1) is 60.8. The highest BCUT2D eigenvalue weighted by atomic mass is 31.2. The zero-order valence-corrected chi connectivity index (χ0v) is 40.5. The predicted molar refractivity (Wildman–Crippen MR) is 250 cm³/mol. The molecule has 0 spiro atoms. The number of hydrogen-bond donors (Lipinski definition) is 5. The average molecular weight is 935 g/mol. The zero-order chi connectivity index (χ0) is 46.9. The number of aliphatic hydroxyl groups excluding tert-OH is 2. The molecule has 5 atom stereocenters. The van der Waals surface area contributed by atoms with Gasteiger partial charge in [0.1, 0.15) is 12.7 Å². The number of unbranched alkanes of at least 4 members (excludes halogenated alkanes) is 14. The Morgan fingerprint density at radius 1 is 0.556 bits per heavy atom. The Bertz CT molecular complexity index is 1380. The average Bonchev–Trinajstić information content (AvgIpc) is 3.24. The highest BCUT2D eigenvalue weighted by Gasteiger charge is 2.28. The summed E-state index contributed by atoms with van der Waals surface area (Å²) in [5.74, 6) is -0.264. The number of hydrogen-bond acceptors (Lipinski definition) is 11. The summed E-state index contributed by atoms with van der Waals surface area (Å²) in [5.41, 5.74) is 0. The normalized spacial score (nSPS) is 15.5. The molecule has 0 aliphatic rings. The third kappa shape index (κ3) is 44.8. The highest BCUT2D eigenvalue weighted by Crippen LogP contribution is 2.43. The van der Waals surface area contributed by atoms with Crippen LogP contribution in [0.4, 0.5) is 0 Å². The molecule has 0 aromatic rings. The van der Waals surface area contributed by atoms with E-state index >= 15 is 0 Å². The lowest BCUT2D eigenvalue weighted by Gasteiger charge is -2.20. The van der Waals surface area contributed by atoms with Crippen molar-refractivity contribution in [2.45, 2.75) is 193 Å². The fourth-order valence-electron chi connectivity index (χ4n) is 6.02. The molecule has 0 aliphatic carbocycles. The molecule has 16 heteroatoms. The minimum absolute atomic E-state index is 0.102. The van der Waals surface area contributed by atoms with Crippen molar-refractivity contribution < 1.29 is 66.7 Å². The van der Waals surface area contributed by atoms with Gasteiger partial charge in [-0.2, -0.15) is 0 Å². The molecule has 0 saturated heterocycles. The first-order valence-corrected chi connectivity index (χ1v) is 26.5. The maximum Gasteiger partial charge on any atom is 0.472 e. The number of esters is 2. The minimum atomic E-state index is -4.88. The predicted octanol–water partition coefficient (Wildman–Crippen LogP) is 11.2. The summed E-state index contributed by atoms with van der Waals surface area (Å²) in [5, 5.41) is 19.2. The number of carbonyl (C=O) groups is 2. The molecule has 63 heavy (non-hydrogen) atoms. The van der Waals surface area contributed by atoms with Crippen LogP contribution in [-0.4, -0.2) is 81.6 Å². The van der Waals surface area contributed by atoms with Crippen molar-refractivity contribution >= 4 is 27.6 Å². The van der Waals surface area contributed by atoms with Crippen LogP contribution in [0.2, 0.25) is 0 Å². The van der Waals surface area contributed by atoms with Crippen molar-refractivity contribution in [1.82, 2.24) is 0 Å². The summed E-state index contributed by atoms with van der Waals surface area (Å²) in [6.07, 6.45) is 40.2. The van der Waals surface area contributed by atoms with E-state index in [0.717, 1.165) is 44.4 Å². The van der Waals surface area contributed by atoms with Crippen LogP contribution in [0.5, 0.6) is 0 Å². The molecule has 0 radical (unpaired) electrons. The van der Waals surface area contributed by atoms with Gasteiger partial charge in [0.05, 0.1) is 25.9 Å². The molecule has 0 bridgehead atoms. The third-order valence-corrected chi connectivity index (χ3v) is 11.5. The Hall–Kier alpha value is -2.22. The van der Waals surface area contributed by atoms with Crippen molar-refractivity contribution in [3.63, 3.8) is 0 Å². The smallest absolute Gasteiger partial charge is 0.462 e. The van der Waals surface area contributed by atoms with Crippen LogP contribution in [-0.2, 0) is 41.8 Å². The molecule has 5 N–H and O–H groups in total. The summed E-state index contributed by atoms with van der Waals surface area (Å²) in [6, 6.07) is 0. The molecule has 366 valence electrons. The van der Waals surface area contributed by atoms with Gasteiger partial charge in [-0.15, -0.1) is 0 Å². The second-order valence-electron chi connectivity index (χ2n) is 16.1. The Morgan fingerprint density at radius 3 is 1.60 bits per heavy atom. The Kier molecular flexibility index (Phi) is 39.8. The number of rotatable bonds is 43. The van der Waals surface area contributed by atoms with Crippen LogP contribution in [0.1, 0.15) is 175 Å². The molecular weight excluding hydrogens is 850 g/mol.